The molecule has 0 aromatic heterocycles. The van der Waals surface area contributed by atoms with E-state index in [1.54, 1.807) is 12.1 Å². The Morgan fingerprint density at radius 3 is 2.87 bits per heavy atom. The fourth-order valence-electron chi connectivity index (χ4n) is 2.12. The van der Waals surface area contributed by atoms with Crippen molar-refractivity contribution < 1.29 is 8.42 Å². The third-order valence-electron chi connectivity index (χ3n) is 2.88. The van der Waals surface area contributed by atoms with Gasteiger partial charge in [-0.05, 0) is 31.0 Å². The molecule has 0 spiro atoms. The Bertz CT molecular complexity index is 453. The van der Waals surface area contributed by atoms with Crippen molar-refractivity contribution in [2.24, 2.45) is 0 Å². The van der Waals surface area contributed by atoms with Crippen LogP contribution in [0.5, 0.6) is 0 Å². The molecule has 1 aliphatic rings. The van der Waals surface area contributed by atoms with E-state index in [2.05, 4.69) is 5.32 Å². The van der Waals surface area contributed by atoms with Gasteiger partial charge in [-0.15, -0.1) is 0 Å². The summed E-state index contributed by atoms with van der Waals surface area (Å²) in [4.78, 5) is 0.525. The van der Waals surface area contributed by atoms with Crippen LogP contribution in [0.4, 0.5) is 0 Å². The molecule has 0 bridgehead atoms. The molecule has 1 aromatic carbocycles. The van der Waals surface area contributed by atoms with Crippen LogP contribution in [0.3, 0.4) is 0 Å². The molecule has 0 saturated carbocycles. The summed E-state index contributed by atoms with van der Waals surface area (Å²) in [5.74, 6) is 0.603. The first kappa shape index (κ1) is 10.6. The molecule has 0 fully saturated rings. The second-order valence-electron chi connectivity index (χ2n) is 3.90. The van der Waals surface area contributed by atoms with Crippen LogP contribution in [0, 0.1) is 0 Å². The minimum atomic E-state index is -3.02. The molecule has 1 atom stereocenters. The molecular formula is C11H15NO2S. The third-order valence-corrected chi connectivity index (χ3v) is 4.69. The number of benzene rings is 1. The topological polar surface area (TPSA) is 46.2 Å². The molecule has 0 amide bonds. The van der Waals surface area contributed by atoms with Crippen LogP contribution >= 0.6 is 0 Å². The summed E-state index contributed by atoms with van der Waals surface area (Å²) in [6, 6.07) is 7.33. The Hall–Kier alpha value is -0.870. The molecule has 1 heterocycles. The van der Waals surface area contributed by atoms with Crippen molar-refractivity contribution >= 4 is 9.84 Å². The first-order valence-electron chi connectivity index (χ1n) is 5.11. The van der Waals surface area contributed by atoms with Gasteiger partial charge in [0.15, 0.2) is 9.84 Å². The molecule has 1 aliphatic heterocycles. The lowest BCUT2D eigenvalue weighted by atomic mass is 9.96. The molecule has 1 unspecified atom stereocenters. The normalized spacial score (nSPS) is 23.4. The molecule has 2 rings (SSSR count). The fraction of sp³-hybridized carbons (Fsp3) is 0.455. The highest BCUT2D eigenvalue weighted by molar-refractivity contribution is 7.91. The van der Waals surface area contributed by atoms with Gasteiger partial charge in [0.05, 0.1) is 10.6 Å². The SMILES string of the molecule is CNCC1CCS(=O)(=O)c2ccccc21. The number of hydrogen-bond acceptors (Lipinski definition) is 3. The Kier molecular flexibility index (Phi) is 2.80. The summed E-state index contributed by atoms with van der Waals surface area (Å²) in [7, 11) is -1.13. The summed E-state index contributed by atoms with van der Waals surface area (Å²) < 4.78 is 23.6. The van der Waals surface area contributed by atoms with E-state index in [1.807, 2.05) is 19.2 Å². The van der Waals surface area contributed by atoms with Gasteiger partial charge in [0.25, 0.3) is 0 Å². The van der Waals surface area contributed by atoms with Crippen molar-refractivity contribution in [3.8, 4) is 0 Å². The molecule has 15 heavy (non-hydrogen) atoms. The van der Waals surface area contributed by atoms with Gasteiger partial charge in [-0.2, -0.15) is 0 Å². The second kappa shape index (κ2) is 3.94. The fourth-order valence-corrected chi connectivity index (χ4v) is 3.82. The molecule has 1 N–H and O–H groups in total. The van der Waals surface area contributed by atoms with Gasteiger partial charge < -0.3 is 5.32 Å². The smallest absolute Gasteiger partial charge is 0.178 e. The first-order chi connectivity index (χ1) is 7.15. The zero-order valence-corrected chi connectivity index (χ0v) is 9.55. The summed E-state index contributed by atoms with van der Waals surface area (Å²) in [6.45, 7) is 0.840. The minimum Gasteiger partial charge on any atom is -0.319 e. The van der Waals surface area contributed by atoms with E-state index >= 15 is 0 Å². The van der Waals surface area contributed by atoms with E-state index in [4.69, 9.17) is 0 Å². The predicted octanol–water partition coefficient (Wildman–Crippen LogP) is 1.17. The van der Waals surface area contributed by atoms with Crippen molar-refractivity contribution in [2.45, 2.75) is 17.2 Å². The van der Waals surface area contributed by atoms with Crippen LogP contribution in [0.25, 0.3) is 0 Å². The van der Waals surface area contributed by atoms with E-state index < -0.39 is 9.84 Å². The number of hydrogen-bond donors (Lipinski definition) is 1. The number of fused-ring (bicyclic) bond motifs is 1. The highest BCUT2D eigenvalue weighted by Crippen LogP contribution is 2.32. The third kappa shape index (κ3) is 1.92. The van der Waals surface area contributed by atoms with E-state index in [-0.39, 0.29) is 5.75 Å². The number of sulfone groups is 1. The van der Waals surface area contributed by atoms with E-state index in [9.17, 15) is 8.42 Å². The van der Waals surface area contributed by atoms with E-state index in [0.29, 0.717) is 10.8 Å². The number of nitrogens with one attached hydrogen (secondary N) is 1. The predicted molar refractivity (Wildman–Crippen MR) is 59.8 cm³/mol. The maximum absolute atomic E-state index is 11.8. The van der Waals surface area contributed by atoms with Gasteiger partial charge >= 0.3 is 0 Å². The van der Waals surface area contributed by atoms with Gasteiger partial charge in [0.1, 0.15) is 0 Å². The van der Waals surface area contributed by atoms with Crippen LogP contribution in [-0.4, -0.2) is 27.8 Å². The maximum atomic E-state index is 11.8. The maximum Gasteiger partial charge on any atom is 0.178 e. The monoisotopic (exact) mass is 225 g/mol. The van der Waals surface area contributed by atoms with Gasteiger partial charge in [-0.1, -0.05) is 18.2 Å². The lowest BCUT2D eigenvalue weighted by Crippen LogP contribution is -2.26. The highest BCUT2D eigenvalue weighted by atomic mass is 32.2. The lowest BCUT2D eigenvalue weighted by molar-refractivity contribution is 0.550. The van der Waals surface area contributed by atoms with E-state index in [1.165, 1.54) is 0 Å². The van der Waals surface area contributed by atoms with Crippen molar-refractivity contribution in [3.05, 3.63) is 29.8 Å². The van der Waals surface area contributed by atoms with Crippen molar-refractivity contribution in [3.63, 3.8) is 0 Å². The van der Waals surface area contributed by atoms with E-state index in [0.717, 1.165) is 18.5 Å². The Balaban J connectivity index is 2.49. The van der Waals surface area contributed by atoms with Crippen molar-refractivity contribution in [1.82, 2.24) is 5.32 Å². The van der Waals surface area contributed by atoms with Crippen LogP contribution < -0.4 is 5.32 Å². The summed E-state index contributed by atoms with van der Waals surface area (Å²) in [6.07, 6.45) is 0.722. The first-order valence-corrected chi connectivity index (χ1v) is 6.76. The molecule has 0 radical (unpaired) electrons. The highest BCUT2D eigenvalue weighted by Gasteiger charge is 2.29. The van der Waals surface area contributed by atoms with Crippen molar-refractivity contribution in [1.29, 1.82) is 0 Å². The second-order valence-corrected chi connectivity index (χ2v) is 5.98. The van der Waals surface area contributed by atoms with Crippen molar-refractivity contribution in [2.75, 3.05) is 19.3 Å². The summed E-state index contributed by atoms with van der Waals surface area (Å²) in [5, 5.41) is 3.11. The van der Waals surface area contributed by atoms with Gasteiger partial charge in [0, 0.05) is 6.54 Å². The summed E-state index contributed by atoms with van der Waals surface area (Å²) in [5.41, 5.74) is 0.970. The number of rotatable bonds is 2. The Labute approximate surface area is 90.4 Å². The molecule has 4 heteroatoms. The Morgan fingerprint density at radius 2 is 2.13 bits per heavy atom. The van der Waals surface area contributed by atoms with Crippen LogP contribution in [0.15, 0.2) is 29.2 Å². The molecular weight excluding hydrogens is 210 g/mol. The van der Waals surface area contributed by atoms with Crippen LogP contribution in [-0.2, 0) is 9.84 Å². The largest absolute Gasteiger partial charge is 0.319 e. The summed E-state index contributed by atoms with van der Waals surface area (Å²) >= 11 is 0. The average Bonchev–Trinajstić information content (AvgIpc) is 2.23. The van der Waals surface area contributed by atoms with Gasteiger partial charge in [-0.3, -0.25) is 0 Å². The Morgan fingerprint density at radius 1 is 1.40 bits per heavy atom. The standard InChI is InChI=1S/C11H15NO2S/c1-12-8-9-6-7-15(13,14)11-5-3-2-4-10(9)11/h2-5,9,12H,6-8H2,1H3. The quantitative estimate of drug-likeness (QED) is 0.821. The average molecular weight is 225 g/mol. The zero-order chi connectivity index (χ0) is 10.9. The molecule has 82 valence electrons. The van der Waals surface area contributed by atoms with Crippen LogP contribution in [0.2, 0.25) is 0 Å². The lowest BCUT2D eigenvalue weighted by Gasteiger charge is -2.24. The molecule has 3 nitrogen and oxygen atoms in total. The van der Waals surface area contributed by atoms with Crippen LogP contribution in [0.1, 0.15) is 17.9 Å². The number of likely N-dealkylation sites (N-methyl/N-ethyl adjacent to an activating group) is 1. The van der Waals surface area contributed by atoms with Gasteiger partial charge in [-0.25, -0.2) is 8.42 Å². The zero-order valence-electron chi connectivity index (χ0n) is 8.73. The minimum absolute atomic E-state index is 0.274. The molecule has 0 aliphatic carbocycles. The van der Waals surface area contributed by atoms with Gasteiger partial charge in [0.2, 0.25) is 0 Å². The molecule has 1 aromatic rings. The molecule has 0 saturated heterocycles.